The third kappa shape index (κ3) is 2.89. The van der Waals surface area contributed by atoms with Crippen molar-refractivity contribution in [3.8, 4) is 0 Å². The van der Waals surface area contributed by atoms with E-state index < -0.39 is 0 Å². The van der Waals surface area contributed by atoms with E-state index in [2.05, 4.69) is 17.4 Å². The Kier molecular flexibility index (Phi) is 3.98. The van der Waals surface area contributed by atoms with Crippen molar-refractivity contribution in [2.45, 2.75) is 55.6 Å². The molecule has 5 rings (SSSR count). The fourth-order valence-corrected chi connectivity index (χ4v) is 5.51. The SMILES string of the molecule is NC12CCC(NC(=O)N3CCc4ccccc4[C@@H]3c3ccc(F)cc3)(CC1)C2. The van der Waals surface area contributed by atoms with Crippen LogP contribution in [0.2, 0.25) is 0 Å². The maximum atomic E-state index is 13.5. The summed E-state index contributed by atoms with van der Waals surface area (Å²) in [7, 11) is 0. The van der Waals surface area contributed by atoms with Crippen LogP contribution in [0.4, 0.5) is 9.18 Å². The number of hydrogen-bond acceptors (Lipinski definition) is 2. The Morgan fingerprint density at radius 1 is 1.07 bits per heavy atom. The lowest BCUT2D eigenvalue weighted by Crippen LogP contribution is -2.53. The van der Waals surface area contributed by atoms with Gasteiger partial charge in [0.15, 0.2) is 0 Å². The van der Waals surface area contributed by atoms with E-state index in [0.717, 1.165) is 49.7 Å². The summed E-state index contributed by atoms with van der Waals surface area (Å²) >= 11 is 0. The van der Waals surface area contributed by atoms with Crippen molar-refractivity contribution in [3.63, 3.8) is 0 Å². The minimum Gasteiger partial charge on any atom is -0.332 e. The summed E-state index contributed by atoms with van der Waals surface area (Å²) in [6.07, 6.45) is 5.59. The summed E-state index contributed by atoms with van der Waals surface area (Å²) in [5.74, 6) is -0.265. The van der Waals surface area contributed by atoms with Crippen LogP contribution in [0.3, 0.4) is 0 Å². The van der Waals surface area contributed by atoms with Crippen LogP contribution in [0.1, 0.15) is 54.8 Å². The molecule has 28 heavy (non-hydrogen) atoms. The lowest BCUT2D eigenvalue weighted by molar-refractivity contribution is 0.166. The molecule has 0 unspecified atom stereocenters. The second kappa shape index (κ2) is 6.31. The highest BCUT2D eigenvalue weighted by Gasteiger charge is 2.53. The van der Waals surface area contributed by atoms with Gasteiger partial charge in [0.05, 0.1) is 6.04 Å². The van der Waals surface area contributed by atoms with Gasteiger partial charge in [0.1, 0.15) is 5.82 Å². The summed E-state index contributed by atoms with van der Waals surface area (Å²) in [5.41, 5.74) is 9.49. The van der Waals surface area contributed by atoms with Gasteiger partial charge in [0.2, 0.25) is 0 Å². The molecule has 2 fully saturated rings. The normalized spacial score (nSPS) is 30.9. The zero-order valence-electron chi connectivity index (χ0n) is 16.0. The maximum absolute atomic E-state index is 13.5. The number of carbonyl (C=O) groups excluding carboxylic acids is 1. The van der Waals surface area contributed by atoms with Crippen LogP contribution in [-0.2, 0) is 6.42 Å². The fourth-order valence-electron chi connectivity index (χ4n) is 5.51. The van der Waals surface area contributed by atoms with Crippen molar-refractivity contribution in [2.24, 2.45) is 5.73 Å². The van der Waals surface area contributed by atoms with Crippen LogP contribution in [0.15, 0.2) is 48.5 Å². The predicted molar refractivity (Wildman–Crippen MR) is 106 cm³/mol. The van der Waals surface area contributed by atoms with Crippen molar-refractivity contribution in [2.75, 3.05) is 6.54 Å². The van der Waals surface area contributed by atoms with E-state index in [1.54, 1.807) is 12.1 Å². The van der Waals surface area contributed by atoms with E-state index in [1.165, 1.54) is 17.7 Å². The van der Waals surface area contributed by atoms with Gasteiger partial charge in [-0.25, -0.2) is 9.18 Å². The average molecular weight is 379 g/mol. The first-order valence-electron chi connectivity index (χ1n) is 10.2. The molecule has 2 bridgehead atoms. The third-order valence-electron chi connectivity index (χ3n) is 7.00. The number of rotatable bonds is 2. The molecule has 0 aromatic heterocycles. The lowest BCUT2D eigenvalue weighted by atomic mass is 9.88. The topological polar surface area (TPSA) is 58.4 Å². The molecule has 146 valence electrons. The summed E-state index contributed by atoms with van der Waals surface area (Å²) in [5, 5.41) is 3.35. The molecule has 2 aromatic carbocycles. The van der Waals surface area contributed by atoms with Gasteiger partial charge in [0, 0.05) is 17.6 Å². The standard InChI is InChI=1S/C23H26FN3O/c24-18-7-5-17(6-8-18)20-19-4-2-1-3-16(19)9-14-27(20)21(28)26-23-12-10-22(25,15-23)11-13-23/h1-8,20H,9-15,25H2,(H,26,28)/t20-,22?,23?/m0/s1. The largest absolute Gasteiger partial charge is 0.332 e. The zero-order chi connectivity index (χ0) is 19.4. The molecule has 0 spiro atoms. The molecule has 0 saturated heterocycles. The summed E-state index contributed by atoms with van der Waals surface area (Å²) in [6, 6.07) is 14.5. The van der Waals surface area contributed by atoms with Gasteiger partial charge in [-0.05, 0) is 67.3 Å². The molecule has 5 heteroatoms. The average Bonchev–Trinajstić information content (AvgIpc) is 3.21. The Morgan fingerprint density at radius 3 is 2.46 bits per heavy atom. The van der Waals surface area contributed by atoms with Gasteiger partial charge in [0.25, 0.3) is 0 Å². The number of fused-ring (bicyclic) bond motifs is 3. The van der Waals surface area contributed by atoms with Gasteiger partial charge in [-0.15, -0.1) is 0 Å². The molecule has 0 radical (unpaired) electrons. The molecule has 3 N–H and O–H groups in total. The number of halogens is 1. The third-order valence-corrected chi connectivity index (χ3v) is 7.00. The maximum Gasteiger partial charge on any atom is 0.318 e. The minimum absolute atomic E-state index is 0.0324. The van der Waals surface area contributed by atoms with E-state index in [0.29, 0.717) is 6.54 Å². The van der Waals surface area contributed by atoms with Crippen LogP contribution in [0.25, 0.3) is 0 Å². The first-order chi connectivity index (χ1) is 13.5. The Labute approximate surface area is 164 Å². The van der Waals surface area contributed by atoms with E-state index in [4.69, 9.17) is 5.73 Å². The second-order valence-electron chi connectivity index (χ2n) is 8.85. The molecule has 1 atom stereocenters. The monoisotopic (exact) mass is 379 g/mol. The number of urea groups is 1. The second-order valence-corrected chi connectivity index (χ2v) is 8.85. The van der Waals surface area contributed by atoms with E-state index in [1.807, 2.05) is 17.0 Å². The number of hydrogen-bond donors (Lipinski definition) is 2. The molecule has 2 aromatic rings. The molecular weight excluding hydrogens is 353 g/mol. The Hall–Kier alpha value is -2.40. The first kappa shape index (κ1) is 17.7. The number of carbonyl (C=O) groups is 1. The molecular formula is C23H26FN3O. The van der Waals surface area contributed by atoms with Crippen LogP contribution in [0, 0.1) is 5.82 Å². The van der Waals surface area contributed by atoms with Gasteiger partial charge in [-0.3, -0.25) is 0 Å². The Bertz CT molecular complexity index is 902. The first-order valence-corrected chi connectivity index (χ1v) is 10.2. The molecule has 4 nitrogen and oxygen atoms in total. The molecule has 1 heterocycles. The van der Waals surface area contributed by atoms with Crippen LogP contribution >= 0.6 is 0 Å². The van der Waals surface area contributed by atoms with Gasteiger partial charge < -0.3 is 16.0 Å². The molecule has 2 saturated carbocycles. The number of nitrogens with one attached hydrogen (secondary N) is 1. The van der Waals surface area contributed by atoms with Crippen molar-refractivity contribution in [3.05, 3.63) is 71.0 Å². The smallest absolute Gasteiger partial charge is 0.318 e. The fraction of sp³-hybridized carbons (Fsp3) is 0.435. The van der Waals surface area contributed by atoms with Crippen LogP contribution < -0.4 is 11.1 Å². The molecule has 2 amide bonds. The molecule has 3 aliphatic rings. The summed E-state index contributed by atoms with van der Waals surface area (Å²) in [6.45, 7) is 0.648. The van der Waals surface area contributed by atoms with Crippen molar-refractivity contribution < 1.29 is 9.18 Å². The zero-order valence-corrected chi connectivity index (χ0v) is 16.0. The van der Waals surface area contributed by atoms with Crippen molar-refractivity contribution in [1.29, 1.82) is 0 Å². The van der Waals surface area contributed by atoms with Crippen molar-refractivity contribution in [1.82, 2.24) is 10.2 Å². The van der Waals surface area contributed by atoms with Crippen LogP contribution in [-0.4, -0.2) is 28.6 Å². The number of nitrogens with two attached hydrogens (primary N) is 1. The van der Waals surface area contributed by atoms with Crippen LogP contribution in [0.5, 0.6) is 0 Å². The highest BCUT2D eigenvalue weighted by Crippen LogP contribution is 2.49. The highest BCUT2D eigenvalue weighted by molar-refractivity contribution is 5.77. The number of benzene rings is 2. The van der Waals surface area contributed by atoms with Gasteiger partial charge >= 0.3 is 6.03 Å². The van der Waals surface area contributed by atoms with Crippen molar-refractivity contribution >= 4 is 6.03 Å². The van der Waals surface area contributed by atoms with E-state index >= 15 is 0 Å². The van der Waals surface area contributed by atoms with Gasteiger partial charge in [-0.1, -0.05) is 36.4 Å². The van der Waals surface area contributed by atoms with E-state index in [9.17, 15) is 9.18 Å². The Balaban J connectivity index is 1.47. The number of amides is 2. The molecule has 1 aliphatic heterocycles. The summed E-state index contributed by atoms with van der Waals surface area (Å²) in [4.78, 5) is 15.3. The minimum atomic E-state index is -0.265. The Morgan fingerprint density at radius 2 is 1.79 bits per heavy atom. The quantitative estimate of drug-likeness (QED) is 0.832. The molecule has 2 aliphatic carbocycles. The number of nitrogens with zero attached hydrogens (tertiary/aromatic N) is 1. The van der Waals surface area contributed by atoms with Gasteiger partial charge in [-0.2, -0.15) is 0 Å². The summed E-state index contributed by atoms with van der Waals surface area (Å²) < 4.78 is 13.5. The predicted octanol–water partition coefficient (Wildman–Crippen LogP) is 3.90. The van der Waals surface area contributed by atoms with E-state index in [-0.39, 0.29) is 29.0 Å². The lowest BCUT2D eigenvalue weighted by Gasteiger charge is -2.40. The highest BCUT2D eigenvalue weighted by atomic mass is 19.1.